The summed E-state index contributed by atoms with van der Waals surface area (Å²) in [6.45, 7) is -0.0397. The molecule has 1 aliphatic rings. The van der Waals surface area contributed by atoms with Crippen molar-refractivity contribution in [3.8, 4) is 0 Å². The lowest BCUT2D eigenvalue weighted by molar-refractivity contribution is 0.0903. The second-order valence-electron chi connectivity index (χ2n) is 5.43. The fourth-order valence-corrected chi connectivity index (χ4v) is 2.87. The molecule has 1 aliphatic carbocycles. The van der Waals surface area contributed by atoms with Crippen LogP contribution in [0.25, 0.3) is 10.9 Å². The zero-order valence-corrected chi connectivity index (χ0v) is 11.0. The summed E-state index contributed by atoms with van der Waals surface area (Å²) in [5, 5.41) is 22.9. The van der Waals surface area contributed by atoms with E-state index in [1.807, 2.05) is 24.4 Å². The maximum Gasteiger partial charge on any atom is 0.251 e. The van der Waals surface area contributed by atoms with E-state index in [-0.39, 0.29) is 24.5 Å². The van der Waals surface area contributed by atoms with Gasteiger partial charge in [0.05, 0.1) is 6.10 Å². The number of carbonyl (C=O) groups excluding carboxylic acids is 1. The van der Waals surface area contributed by atoms with Gasteiger partial charge in [-0.15, -0.1) is 0 Å². The lowest BCUT2D eigenvalue weighted by Crippen LogP contribution is -2.33. The highest BCUT2D eigenvalue weighted by Gasteiger charge is 2.33. The molecule has 2 aromatic rings. The number of H-pyrrole nitrogens is 1. The van der Waals surface area contributed by atoms with E-state index in [1.165, 1.54) is 0 Å². The van der Waals surface area contributed by atoms with Gasteiger partial charge in [-0.05, 0) is 36.4 Å². The van der Waals surface area contributed by atoms with E-state index in [4.69, 9.17) is 5.11 Å². The molecule has 3 atom stereocenters. The monoisotopic (exact) mass is 274 g/mol. The van der Waals surface area contributed by atoms with E-state index in [9.17, 15) is 9.90 Å². The van der Waals surface area contributed by atoms with Gasteiger partial charge in [-0.1, -0.05) is 6.07 Å². The van der Waals surface area contributed by atoms with Gasteiger partial charge in [-0.3, -0.25) is 4.79 Å². The first kappa shape index (κ1) is 13.1. The van der Waals surface area contributed by atoms with Crippen LogP contribution in [0.4, 0.5) is 0 Å². The third kappa shape index (κ3) is 2.42. The molecule has 5 heteroatoms. The molecule has 106 valence electrons. The van der Waals surface area contributed by atoms with E-state index in [2.05, 4.69) is 10.3 Å². The molecule has 1 amide bonds. The number of rotatable bonds is 3. The number of hydrogen-bond donors (Lipinski definition) is 4. The van der Waals surface area contributed by atoms with E-state index >= 15 is 0 Å². The lowest BCUT2D eigenvalue weighted by atomic mass is 10.1. The maximum absolute atomic E-state index is 12.2. The lowest BCUT2D eigenvalue weighted by Gasteiger charge is -2.12. The van der Waals surface area contributed by atoms with Crippen LogP contribution in [0, 0.1) is 5.92 Å². The van der Waals surface area contributed by atoms with Gasteiger partial charge < -0.3 is 20.5 Å². The molecule has 5 nitrogen and oxygen atoms in total. The molecule has 20 heavy (non-hydrogen) atoms. The van der Waals surface area contributed by atoms with Gasteiger partial charge in [0.25, 0.3) is 5.91 Å². The van der Waals surface area contributed by atoms with Crippen molar-refractivity contribution in [2.75, 3.05) is 6.61 Å². The smallest absolute Gasteiger partial charge is 0.251 e. The number of fused-ring (bicyclic) bond motifs is 1. The Bertz CT molecular complexity index is 622. The molecule has 1 heterocycles. The maximum atomic E-state index is 12.2. The van der Waals surface area contributed by atoms with Crippen LogP contribution in [-0.2, 0) is 0 Å². The highest BCUT2D eigenvalue weighted by Crippen LogP contribution is 2.26. The van der Waals surface area contributed by atoms with Crippen molar-refractivity contribution in [2.45, 2.75) is 25.0 Å². The minimum absolute atomic E-state index is 0.0397. The quantitative estimate of drug-likeness (QED) is 0.674. The number of aromatic nitrogens is 1. The van der Waals surface area contributed by atoms with Gasteiger partial charge in [-0.25, -0.2) is 0 Å². The molecule has 1 fully saturated rings. The predicted molar refractivity (Wildman–Crippen MR) is 75.4 cm³/mol. The van der Waals surface area contributed by atoms with Crippen molar-refractivity contribution in [3.63, 3.8) is 0 Å². The fourth-order valence-electron chi connectivity index (χ4n) is 2.87. The minimum atomic E-state index is -0.531. The summed E-state index contributed by atoms with van der Waals surface area (Å²) in [5.41, 5.74) is 1.53. The van der Waals surface area contributed by atoms with Crippen LogP contribution in [0.1, 0.15) is 23.2 Å². The zero-order valence-electron chi connectivity index (χ0n) is 11.0. The second-order valence-corrected chi connectivity index (χ2v) is 5.43. The SMILES string of the molecule is O=C(N[C@H]1C[C@H](CO)[C@H](O)C1)c1ccc2cc[nH]c2c1. The Hall–Kier alpha value is -1.85. The molecule has 1 aromatic heterocycles. The number of carbonyl (C=O) groups is 1. The molecule has 4 N–H and O–H groups in total. The van der Waals surface area contributed by atoms with Gasteiger partial charge in [-0.2, -0.15) is 0 Å². The summed E-state index contributed by atoms with van der Waals surface area (Å²) in [6, 6.07) is 7.39. The van der Waals surface area contributed by atoms with Crippen LogP contribution >= 0.6 is 0 Å². The van der Waals surface area contributed by atoms with Crippen LogP contribution in [0.5, 0.6) is 0 Å². The van der Waals surface area contributed by atoms with Gasteiger partial charge in [0.15, 0.2) is 0 Å². The third-order valence-electron chi connectivity index (χ3n) is 4.04. The summed E-state index contributed by atoms with van der Waals surface area (Å²) in [4.78, 5) is 15.3. The highest BCUT2D eigenvalue weighted by atomic mass is 16.3. The normalized spacial score (nSPS) is 26.0. The van der Waals surface area contributed by atoms with Crippen molar-refractivity contribution < 1.29 is 15.0 Å². The zero-order chi connectivity index (χ0) is 14.1. The number of aliphatic hydroxyl groups excluding tert-OH is 2. The first-order valence-electron chi connectivity index (χ1n) is 6.84. The number of benzene rings is 1. The van der Waals surface area contributed by atoms with E-state index < -0.39 is 6.10 Å². The Kier molecular flexibility index (Phi) is 3.46. The van der Waals surface area contributed by atoms with Gasteiger partial charge in [0, 0.05) is 35.8 Å². The topological polar surface area (TPSA) is 85.3 Å². The van der Waals surface area contributed by atoms with E-state index in [0.717, 1.165) is 10.9 Å². The average Bonchev–Trinajstić information content (AvgIpc) is 3.03. The Morgan fingerprint density at radius 3 is 2.95 bits per heavy atom. The molecule has 3 rings (SSSR count). The van der Waals surface area contributed by atoms with E-state index in [1.54, 1.807) is 6.07 Å². The predicted octanol–water partition coefficient (Wildman–Crippen LogP) is 1.03. The molecular formula is C15H18N2O3. The van der Waals surface area contributed by atoms with Gasteiger partial charge in [0.2, 0.25) is 0 Å². The Morgan fingerprint density at radius 2 is 2.20 bits per heavy atom. The summed E-state index contributed by atoms with van der Waals surface area (Å²) < 4.78 is 0. The number of amides is 1. The number of nitrogens with one attached hydrogen (secondary N) is 2. The van der Waals surface area contributed by atoms with Crippen LogP contribution in [0.3, 0.4) is 0 Å². The molecule has 0 aliphatic heterocycles. The minimum Gasteiger partial charge on any atom is -0.396 e. The largest absolute Gasteiger partial charge is 0.396 e. The number of hydrogen-bond acceptors (Lipinski definition) is 3. The first-order valence-corrected chi connectivity index (χ1v) is 6.84. The highest BCUT2D eigenvalue weighted by molar-refractivity contribution is 5.98. The first-order chi connectivity index (χ1) is 9.67. The van der Waals surface area contributed by atoms with Gasteiger partial charge >= 0.3 is 0 Å². The van der Waals surface area contributed by atoms with Crippen LogP contribution in [0.15, 0.2) is 30.5 Å². The van der Waals surface area contributed by atoms with Crippen LogP contribution in [-0.4, -0.2) is 39.9 Å². The molecule has 1 saturated carbocycles. The average molecular weight is 274 g/mol. The van der Waals surface area contributed by atoms with Crippen molar-refractivity contribution in [3.05, 3.63) is 36.0 Å². The number of aromatic amines is 1. The molecule has 0 spiro atoms. The molecule has 0 saturated heterocycles. The summed E-state index contributed by atoms with van der Waals surface area (Å²) in [5.74, 6) is -0.275. The Morgan fingerprint density at radius 1 is 1.35 bits per heavy atom. The second kappa shape index (κ2) is 5.26. The Balaban J connectivity index is 1.70. The molecule has 0 unspecified atom stereocenters. The standard InChI is InChI=1S/C15H18N2O3/c18-8-11-5-12(7-14(11)19)17-15(20)10-2-1-9-3-4-16-13(9)6-10/h1-4,6,11-12,14,16,18-19H,5,7-8H2,(H,17,20)/t11-,12+,14-/m1/s1. The van der Waals surface area contributed by atoms with Crippen LogP contribution < -0.4 is 5.32 Å². The molecule has 1 aromatic carbocycles. The summed E-state index contributed by atoms with van der Waals surface area (Å²) >= 11 is 0. The molecule has 0 bridgehead atoms. The van der Waals surface area contributed by atoms with Crippen molar-refractivity contribution >= 4 is 16.8 Å². The Labute approximate surface area is 116 Å². The van der Waals surface area contributed by atoms with E-state index in [0.29, 0.717) is 18.4 Å². The molecule has 0 radical (unpaired) electrons. The summed E-state index contributed by atoms with van der Waals surface area (Å²) in [7, 11) is 0. The molecular weight excluding hydrogens is 256 g/mol. The van der Waals surface area contributed by atoms with Gasteiger partial charge in [0.1, 0.15) is 0 Å². The third-order valence-corrected chi connectivity index (χ3v) is 4.04. The number of aliphatic hydroxyl groups is 2. The summed E-state index contributed by atoms with van der Waals surface area (Å²) in [6.07, 6.45) is 2.43. The van der Waals surface area contributed by atoms with Crippen molar-refractivity contribution in [2.24, 2.45) is 5.92 Å². The fraction of sp³-hybridized carbons (Fsp3) is 0.400. The van der Waals surface area contributed by atoms with Crippen LogP contribution in [0.2, 0.25) is 0 Å². The van der Waals surface area contributed by atoms with Crippen molar-refractivity contribution in [1.82, 2.24) is 10.3 Å². The van der Waals surface area contributed by atoms with Crippen molar-refractivity contribution in [1.29, 1.82) is 0 Å².